The molecule has 9 heavy (non-hydrogen) atoms. The minimum Gasteiger partial charge on any atom is -0.389 e. The number of fused-ring (bicyclic) bond motifs is 1. The average Bonchev–Trinajstić information content (AvgIpc) is 2.18. The Hall–Kier alpha value is -0.120. The van der Waals surface area contributed by atoms with Crippen molar-refractivity contribution in [1.29, 1.82) is 0 Å². The summed E-state index contributed by atoms with van der Waals surface area (Å²) in [5.74, 6) is 0. The first-order valence-corrected chi connectivity index (χ1v) is 3.30. The molecular formula is C6H11NO2. The van der Waals surface area contributed by atoms with Crippen molar-refractivity contribution < 1.29 is 10.2 Å². The summed E-state index contributed by atoms with van der Waals surface area (Å²) < 4.78 is 0. The van der Waals surface area contributed by atoms with Crippen molar-refractivity contribution in [3.8, 4) is 0 Å². The molecule has 0 amide bonds. The van der Waals surface area contributed by atoms with Gasteiger partial charge in [0, 0.05) is 12.1 Å². The molecule has 2 saturated heterocycles. The van der Waals surface area contributed by atoms with Gasteiger partial charge >= 0.3 is 0 Å². The second-order valence-corrected chi connectivity index (χ2v) is 3.02. The van der Waals surface area contributed by atoms with Crippen LogP contribution in [0, 0.1) is 0 Å². The maximum Gasteiger partial charge on any atom is 0.0969 e. The van der Waals surface area contributed by atoms with Gasteiger partial charge in [0.1, 0.15) is 0 Å². The van der Waals surface area contributed by atoms with E-state index in [9.17, 15) is 10.2 Å². The molecule has 3 aliphatic rings. The third-order valence-electron chi connectivity index (χ3n) is 2.67. The fourth-order valence-corrected chi connectivity index (χ4v) is 1.90. The summed E-state index contributed by atoms with van der Waals surface area (Å²) >= 11 is 0. The summed E-state index contributed by atoms with van der Waals surface area (Å²) in [6.45, 7) is 0. The summed E-state index contributed by atoms with van der Waals surface area (Å²) in [4.78, 5) is 2.04. The highest BCUT2D eigenvalue weighted by Crippen LogP contribution is 2.38. The molecule has 2 heterocycles. The third-order valence-corrected chi connectivity index (χ3v) is 2.67. The smallest absolute Gasteiger partial charge is 0.0969 e. The SMILES string of the molecule is CN1C2CC1C(O)C2O. The van der Waals surface area contributed by atoms with Crippen molar-refractivity contribution in [3.05, 3.63) is 0 Å². The van der Waals surface area contributed by atoms with Crippen LogP contribution in [0.5, 0.6) is 0 Å². The average molecular weight is 129 g/mol. The van der Waals surface area contributed by atoms with E-state index >= 15 is 0 Å². The fraction of sp³-hybridized carbons (Fsp3) is 1.00. The van der Waals surface area contributed by atoms with Gasteiger partial charge in [-0.3, -0.25) is 4.90 Å². The van der Waals surface area contributed by atoms with Crippen LogP contribution in [0.2, 0.25) is 0 Å². The van der Waals surface area contributed by atoms with E-state index in [0.29, 0.717) is 0 Å². The van der Waals surface area contributed by atoms with Crippen LogP contribution in [0.25, 0.3) is 0 Å². The highest BCUT2D eigenvalue weighted by molar-refractivity contribution is 5.10. The van der Waals surface area contributed by atoms with Gasteiger partial charge in [0.05, 0.1) is 12.2 Å². The molecule has 0 aromatic carbocycles. The molecule has 2 aliphatic heterocycles. The van der Waals surface area contributed by atoms with Crippen molar-refractivity contribution in [3.63, 3.8) is 0 Å². The number of nitrogens with zero attached hydrogens (tertiary/aromatic N) is 1. The van der Waals surface area contributed by atoms with Gasteiger partial charge in [-0.15, -0.1) is 0 Å². The van der Waals surface area contributed by atoms with Crippen LogP contribution >= 0.6 is 0 Å². The zero-order chi connectivity index (χ0) is 6.59. The predicted molar refractivity (Wildman–Crippen MR) is 32.0 cm³/mol. The highest BCUT2D eigenvalue weighted by atomic mass is 16.3. The second-order valence-electron chi connectivity index (χ2n) is 3.02. The van der Waals surface area contributed by atoms with E-state index in [1.165, 1.54) is 0 Å². The molecule has 1 aliphatic carbocycles. The Balaban J connectivity index is 2.18. The first-order chi connectivity index (χ1) is 4.22. The van der Waals surface area contributed by atoms with Crippen LogP contribution in [0.4, 0.5) is 0 Å². The van der Waals surface area contributed by atoms with E-state index in [0.717, 1.165) is 6.42 Å². The number of likely N-dealkylation sites (N-methyl/N-ethyl adjacent to an activating group) is 1. The van der Waals surface area contributed by atoms with E-state index in [2.05, 4.69) is 0 Å². The zero-order valence-electron chi connectivity index (χ0n) is 5.36. The maximum atomic E-state index is 9.19. The van der Waals surface area contributed by atoms with Gasteiger partial charge in [0.25, 0.3) is 0 Å². The van der Waals surface area contributed by atoms with Crippen molar-refractivity contribution in [1.82, 2.24) is 4.90 Å². The second kappa shape index (κ2) is 1.48. The van der Waals surface area contributed by atoms with Gasteiger partial charge in [0.2, 0.25) is 0 Å². The Morgan fingerprint density at radius 1 is 1.22 bits per heavy atom. The lowest BCUT2D eigenvalue weighted by atomic mass is 10.1. The molecule has 0 radical (unpaired) electrons. The Morgan fingerprint density at radius 3 is 1.78 bits per heavy atom. The molecule has 3 fully saturated rings. The molecule has 4 unspecified atom stereocenters. The Bertz CT molecular complexity index is 121. The van der Waals surface area contributed by atoms with E-state index < -0.39 is 12.2 Å². The van der Waals surface area contributed by atoms with E-state index in [1.807, 2.05) is 11.9 Å². The minimum atomic E-state index is -0.486. The molecule has 3 heteroatoms. The molecule has 4 atom stereocenters. The van der Waals surface area contributed by atoms with Gasteiger partial charge in [-0.1, -0.05) is 0 Å². The topological polar surface area (TPSA) is 43.7 Å². The summed E-state index contributed by atoms with van der Waals surface area (Å²) in [5.41, 5.74) is 0. The standard InChI is InChI=1S/C6H11NO2/c1-7-3-2-4(7)6(9)5(3)8/h3-6,8-9H,2H2,1H3. The Morgan fingerprint density at radius 2 is 1.67 bits per heavy atom. The van der Waals surface area contributed by atoms with Crippen LogP contribution in [-0.2, 0) is 0 Å². The Labute approximate surface area is 53.9 Å². The molecular weight excluding hydrogens is 118 g/mol. The normalized spacial score (nSPS) is 57.7. The molecule has 52 valence electrons. The highest BCUT2D eigenvalue weighted by Gasteiger charge is 2.55. The molecule has 0 spiro atoms. The monoisotopic (exact) mass is 129 g/mol. The van der Waals surface area contributed by atoms with Crippen molar-refractivity contribution in [2.24, 2.45) is 0 Å². The minimum absolute atomic E-state index is 0.241. The molecule has 1 saturated carbocycles. The molecule has 3 rings (SSSR count). The van der Waals surface area contributed by atoms with Gasteiger partial charge in [-0.05, 0) is 13.5 Å². The van der Waals surface area contributed by atoms with Crippen LogP contribution < -0.4 is 0 Å². The number of hydrogen-bond donors (Lipinski definition) is 2. The lowest BCUT2D eigenvalue weighted by Gasteiger charge is -2.36. The zero-order valence-corrected chi connectivity index (χ0v) is 5.36. The Kier molecular flexibility index (Phi) is 0.928. The summed E-state index contributed by atoms with van der Waals surface area (Å²) in [5, 5.41) is 18.4. The van der Waals surface area contributed by atoms with Gasteiger partial charge < -0.3 is 10.2 Å². The molecule has 2 N–H and O–H groups in total. The first-order valence-electron chi connectivity index (χ1n) is 3.30. The van der Waals surface area contributed by atoms with Gasteiger partial charge in [-0.25, -0.2) is 0 Å². The first kappa shape index (κ1) is 5.65. The summed E-state index contributed by atoms with van der Waals surface area (Å²) in [6, 6.07) is 0.481. The number of hydrogen-bond acceptors (Lipinski definition) is 3. The fourth-order valence-electron chi connectivity index (χ4n) is 1.90. The van der Waals surface area contributed by atoms with Gasteiger partial charge in [-0.2, -0.15) is 0 Å². The van der Waals surface area contributed by atoms with Crippen molar-refractivity contribution >= 4 is 0 Å². The number of aliphatic hydroxyl groups excluding tert-OH is 2. The van der Waals surface area contributed by atoms with Crippen LogP contribution in [0.15, 0.2) is 0 Å². The van der Waals surface area contributed by atoms with E-state index in [1.54, 1.807) is 0 Å². The van der Waals surface area contributed by atoms with Crippen LogP contribution in [0.3, 0.4) is 0 Å². The molecule has 0 aromatic heterocycles. The summed E-state index contributed by atoms with van der Waals surface area (Å²) in [7, 11) is 1.94. The van der Waals surface area contributed by atoms with E-state index in [-0.39, 0.29) is 12.1 Å². The lowest BCUT2D eigenvalue weighted by molar-refractivity contribution is 0.0561. The van der Waals surface area contributed by atoms with Crippen molar-refractivity contribution in [2.75, 3.05) is 7.05 Å². The predicted octanol–water partition coefficient (Wildman–Crippen LogP) is -1.21. The number of rotatable bonds is 0. The lowest BCUT2D eigenvalue weighted by Crippen LogP contribution is -2.48. The van der Waals surface area contributed by atoms with Crippen LogP contribution in [-0.4, -0.2) is 46.5 Å². The molecule has 0 aromatic rings. The van der Waals surface area contributed by atoms with Crippen LogP contribution in [0.1, 0.15) is 6.42 Å². The van der Waals surface area contributed by atoms with E-state index in [4.69, 9.17) is 0 Å². The molecule has 3 nitrogen and oxygen atoms in total. The maximum absolute atomic E-state index is 9.19. The largest absolute Gasteiger partial charge is 0.389 e. The molecule has 2 bridgehead atoms. The number of aliphatic hydroxyl groups is 2. The summed E-state index contributed by atoms with van der Waals surface area (Å²) in [6.07, 6.45) is -0.00116. The van der Waals surface area contributed by atoms with Crippen molar-refractivity contribution in [2.45, 2.75) is 30.7 Å². The van der Waals surface area contributed by atoms with Gasteiger partial charge in [0.15, 0.2) is 0 Å². The third kappa shape index (κ3) is 0.478. The quantitative estimate of drug-likeness (QED) is 0.431.